The summed E-state index contributed by atoms with van der Waals surface area (Å²) < 4.78 is 43.6. The van der Waals surface area contributed by atoms with E-state index in [1.165, 1.54) is 12.1 Å². The minimum Gasteiger partial charge on any atom is -0.491 e. The molecule has 0 aliphatic rings. The Bertz CT molecular complexity index is 455. The van der Waals surface area contributed by atoms with Crippen molar-refractivity contribution in [2.75, 3.05) is 13.2 Å². The van der Waals surface area contributed by atoms with Crippen LogP contribution in [0.5, 0.6) is 5.75 Å². The van der Waals surface area contributed by atoms with E-state index >= 15 is 0 Å². The van der Waals surface area contributed by atoms with E-state index in [0.717, 1.165) is 6.08 Å². The first-order chi connectivity index (χ1) is 8.87. The first-order valence-corrected chi connectivity index (χ1v) is 5.21. The van der Waals surface area contributed by atoms with Crippen molar-refractivity contribution in [3.05, 3.63) is 35.9 Å². The Morgan fingerprint density at radius 3 is 2.68 bits per heavy atom. The molecule has 7 heteroatoms. The summed E-state index contributed by atoms with van der Waals surface area (Å²) in [6.07, 6.45) is -2.37. The summed E-state index contributed by atoms with van der Waals surface area (Å²) >= 11 is 0. The summed E-state index contributed by atoms with van der Waals surface area (Å²) in [5.74, 6) is -0.761. The van der Waals surface area contributed by atoms with E-state index < -0.39 is 18.9 Å². The van der Waals surface area contributed by atoms with Gasteiger partial charge >= 0.3 is 12.3 Å². The van der Waals surface area contributed by atoms with Crippen molar-refractivity contribution in [1.82, 2.24) is 0 Å². The molecule has 0 aliphatic carbocycles. The van der Waals surface area contributed by atoms with Gasteiger partial charge in [-0.05, 0) is 23.8 Å². The maximum absolute atomic E-state index is 11.7. The summed E-state index contributed by atoms with van der Waals surface area (Å²) in [7, 11) is 0. The molecule has 0 saturated carbocycles. The molecular formula is C12H11F3O4. The third-order valence-electron chi connectivity index (χ3n) is 1.89. The lowest BCUT2D eigenvalue weighted by Gasteiger charge is -2.09. The number of hydrogen-bond acceptors (Lipinski definition) is 3. The van der Waals surface area contributed by atoms with Crippen LogP contribution in [-0.2, 0) is 9.53 Å². The van der Waals surface area contributed by atoms with E-state index in [1.54, 1.807) is 18.2 Å². The number of alkyl halides is 3. The minimum absolute atomic E-state index is 0.258. The molecule has 1 aromatic rings. The molecule has 1 N–H and O–H groups in total. The number of rotatable bonds is 6. The van der Waals surface area contributed by atoms with Crippen LogP contribution in [0.3, 0.4) is 0 Å². The molecule has 0 saturated heterocycles. The van der Waals surface area contributed by atoms with Gasteiger partial charge in [0.25, 0.3) is 0 Å². The Labute approximate surface area is 107 Å². The highest BCUT2D eigenvalue weighted by atomic mass is 19.4. The van der Waals surface area contributed by atoms with Crippen LogP contribution in [0.4, 0.5) is 13.2 Å². The van der Waals surface area contributed by atoms with Gasteiger partial charge in [0, 0.05) is 6.08 Å². The predicted octanol–water partition coefficient (Wildman–Crippen LogP) is 2.70. The number of ether oxygens (including phenoxy) is 2. The van der Waals surface area contributed by atoms with E-state index in [-0.39, 0.29) is 6.61 Å². The van der Waals surface area contributed by atoms with Gasteiger partial charge in [-0.1, -0.05) is 12.1 Å². The van der Waals surface area contributed by atoms with E-state index in [0.29, 0.717) is 11.3 Å². The zero-order valence-electron chi connectivity index (χ0n) is 9.68. The van der Waals surface area contributed by atoms with Gasteiger partial charge in [0.2, 0.25) is 0 Å². The maximum atomic E-state index is 11.7. The predicted molar refractivity (Wildman–Crippen MR) is 60.6 cm³/mol. The molecule has 0 heterocycles. The molecular weight excluding hydrogens is 265 g/mol. The maximum Gasteiger partial charge on any atom is 0.522 e. The molecule has 4 nitrogen and oxygen atoms in total. The number of hydrogen-bond donors (Lipinski definition) is 1. The molecule has 0 aliphatic heterocycles. The third-order valence-corrected chi connectivity index (χ3v) is 1.89. The number of halogens is 3. The summed E-state index contributed by atoms with van der Waals surface area (Å²) in [5.41, 5.74) is 0.566. The summed E-state index contributed by atoms with van der Waals surface area (Å²) in [4.78, 5) is 10.3. The highest BCUT2D eigenvalue weighted by molar-refractivity contribution is 5.85. The third kappa shape index (κ3) is 7.10. The van der Waals surface area contributed by atoms with E-state index in [1.807, 2.05) is 0 Å². The quantitative estimate of drug-likeness (QED) is 0.641. The van der Waals surface area contributed by atoms with E-state index in [4.69, 9.17) is 9.84 Å². The van der Waals surface area contributed by atoms with E-state index in [2.05, 4.69) is 4.74 Å². The molecule has 0 amide bonds. The average molecular weight is 276 g/mol. The number of carboxylic acids is 1. The molecule has 0 bridgehead atoms. The van der Waals surface area contributed by atoms with Crippen LogP contribution < -0.4 is 4.74 Å². The van der Waals surface area contributed by atoms with Gasteiger partial charge in [-0.3, -0.25) is 4.74 Å². The average Bonchev–Trinajstić information content (AvgIpc) is 2.32. The lowest BCUT2D eigenvalue weighted by Crippen LogP contribution is -2.18. The number of carbonyl (C=O) groups is 1. The van der Waals surface area contributed by atoms with Gasteiger partial charge in [-0.2, -0.15) is 0 Å². The molecule has 1 aromatic carbocycles. The number of benzene rings is 1. The van der Waals surface area contributed by atoms with Crippen LogP contribution in [0, 0.1) is 0 Å². The molecule has 0 atom stereocenters. The standard InChI is InChI=1S/C12H11F3O4/c13-12(14,15)19-7-6-18-10-3-1-2-9(8-10)4-5-11(16)17/h1-5,8H,6-7H2,(H,16,17). The monoisotopic (exact) mass is 276 g/mol. The number of aliphatic carboxylic acids is 1. The molecule has 0 radical (unpaired) electrons. The highest BCUT2D eigenvalue weighted by Gasteiger charge is 2.28. The van der Waals surface area contributed by atoms with Crippen molar-refractivity contribution in [2.24, 2.45) is 0 Å². The topological polar surface area (TPSA) is 55.8 Å². The van der Waals surface area contributed by atoms with Gasteiger partial charge in [0.05, 0.1) is 6.61 Å². The summed E-state index contributed by atoms with van der Waals surface area (Å²) in [6.45, 7) is -0.871. The fourth-order valence-electron chi connectivity index (χ4n) is 1.19. The molecule has 19 heavy (non-hydrogen) atoms. The minimum atomic E-state index is -4.67. The zero-order chi connectivity index (χ0) is 14.3. The molecule has 1 rings (SSSR count). The van der Waals surface area contributed by atoms with Gasteiger partial charge in [-0.15, -0.1) is 13.2 Å². The van der Waals surface area contributed by atoms with E-state index in [9.17, 15) is 18.0 Å². The Morgan fingerprint density at radius 1 is 1.32 bits per heavy atom. The second-order valence-electron chi connectivity index (χ2n) is 3.39. The van der Waals surface area contributed by atoms with Crippen LogP contribution in [0.2, 0.25) is 0 Å². The summed E-state index contributed by atoms with van der Waals surface area (Å²) in [5, 5.41) is 8.45. The zero-order valence-corrected chi connectivity index (χ0v) is 9.68. The van der Waals surface area contributed by atoms with Crippen LogP contribution >= 0.6 is 0 Å². The highest BCUT2D eigenvalue weighted by Crippen LogP contribution is 2.17. The smallest absolute Gasteiger partial charge is 0.491 e. The Kier molecular flexibility index (Phi) is 5.37. The fraction of sp³-hybridized carbons (Fsp3) is 0.250. The number of carboxylic acid groups (broad SMARTS) is 1. The fourth-order valence-corrected chi connectivity index (χ4v) is 1.19. The molecule has 0 spiro atoms. The first-order valence-electron chi connectivity index (χ1n) is 5.21. The second kappa shape index (κ2) is 6.79. The molecule has 0 fully saturated rings. The van der Waals surface area contributed by atoms with Crippen LogP contribution in [0.1, 0.15) is 5.56 Å². The second-order valence-corrected chi connectivity index (χ2v) is 3.39. The molecule has 0 aromatic heterocycles. The normalized spacial score (nSPS) is 11.7. The SMILES string of the molecule is O=C(O)C=Cc1cccc(OCCOC(F)(F)F)c1. The Balaban J connectivity index is 2.46. The van der Waals surface area contributed by atoms with Crippen LogP contribution in [0.25, 0.3) is 6.08 Å². The molecule has 0 unspecified atom stereocenters. The first kappa shape index (κ1) is 15.0. The van der Waals surface area contributed by atoms with Gasteiger partial charge in [0.15, 0.2) is 0 Å². The van der Waals surface area contributed by atoms with Crippen molar-refractivity contribution in [3.63, 3.8) is 0 Å². The Morgan fingerprint density at radius 2 is 2.05 bits per heavy atom. The van der Waals surface area contributed by atoms with Gasteiger partial charge < -0.3 is 9.84 Å². The largest absolute Gasteiger partial charge is 0.522 e. The van der Waals surface area contributed by atoms with Gasteiger partial charge in [-0.25, -0.2) is 4.79 Å². The van der Waals surface area contributed by atoms with Gasteiger partial charge in [0.1, 0.15) is 12.4 Å². The lowest BCUT2D eigenvalue weighted by molar-refractivity contribution is -0.325. The van der Waals surface area contributed by atoms with Crippen molar-refractivity contribution in [2.45, 2.75) is 6.36 Å². The Hall–Kier alpha value is -2.02. The van der Waals surface area contributed by atoms with Crippen molar-refractivity contribution in [3.8, 4) is 5.75 Å². The lowest BCUT2D eigenvalue weighted by atomic mass is 10.2. The van der Waals surface area contributed by atoms with Crippen molar-refractivity contribution >= 4 is 12.0 Å². The van der Waals surface area contributed by atoms with Crippen molar-refractivity contribution < 1.29 is 32.5 Å². The molecule has 104 valence electrons. The van der Waals surface area contributed by atoms with Crippen LogP contribution in [0.15, 0.2) is 30.3 Å². The van der Waals surface area contributed by atoms with Crippen LogP contribution in [-0.4, -0.2) is 30.7 Å². The summed E-state index contributed by atoms with van der Waals surface area (Å²) in [6, 6.07) is 6.29. The van der Waals surface area contributed by atoms with Crippen molar-refractivity contribution in [1.29, 1.82) is 0 Å².